The molecule has 3 rings (SSSR count). The Morgan fingerprint density at radius 3 is 2.90 bits per heavy atom. The van der Waals surface area contributed by atoms with Crippen LogP contribution < -0.4 is 0 Å². The first-order valence-electron chi connectivity index (χ1n) is 6.45. The molecule has 3 aromatic rings. The van der Waals surface area contributed by atoms with Crippen molar-refractivity contribution in [3.63, 3.8) is 0 Å². The fourth-order valence-electron chi connectivity index (χ4n) is 2.10. The zero-order valence-corrected chi connectivity index (χ0v) is 12.9. The molecule has 0 aliphatic carbocycles. The molecule has 0 saturated carbocycles. The molecule has 2 aromatic heterocycles. The smallest absolute Gasteiger partial charge is 0.228 e. The molecule has 0 saturated heterocycles. The van der Waals surface area contributed by atoms with Crippen LogP contribution in [0.3, 0.4) is 0 Å². The van der Waals surface area contributed by atoms with Crippen molar-refractivity contribution in [2.45, 2.75) is 13.0 Å². The van der Waals surface area contributed by atoms with E-state index in [-0.39, 0.29) is 12.3 Å². The molecule has 0 fully saturated rings. The molecule has 0 aliphatic rings. The molecule has 21 heavy (non-hydrogen) atoms. The SMILES string of the molecule is CN(Cc1ccc(Cl)s1)C(=O)Cc1noc2ccccc12. The van der Waals surface area contributed by atoms with Gasteiger partial charge in [0.15, 0.2) is 5.58 Å². The van der Waals surface area contributed by atoms with Gasteiger partial charge in [0.05, 0.1) is 17.3 Å². The summed E-state index contributed by atoms with van der Waals surface area (Å²) in [6.07, 6.45) is 0.229. The van der Waals surface area contributed by atoms with Gasteiger partial charge in [0.1, 0.15) is 5.69 Å². The Morgan fingerprint density at radius 2 is 2.14 bits per heavy atom. The lowest BCUT2D eigenvalue weighted by Gasteiger charge is -2.15. The van der Waals surface area contributed by atoms with Crippen molar-refractivity contribution in [2.24, 2.45) is 0 Å². The van der Waals surface area contributed by atoms with E-state index in [1.165, 1.54) is 11.3 Å². The summed E-state index contributed by atoms with van der Waals surface area (Å²) in [4.78, 5) is 15.0. The summed E-state index contributed by atoms with van der Waals surface area (Å²) in [5.74, 6) is -0.00132. The zero-order valence-electron chi connectivity index (χ0n) is 11.4. The van der Waals surface area contributed by atoms with Crippen LogP contribution in [0.25, 0.3) is 11.0 Å². The van der Waals surface area contributed by atoms with Gasteiger partial charge in [-0.1, -0.05) is 28.9 Å². The van der Waals surface area contributed by atoms with Gasteiger partial charge < -0.3 is 9.42 Å². The lowest BCUT2D eigenvalue weighted by atomic mass is 10.1. The van der Waals surface area contributed by atoms with Crippen LogP contribution in [0.5, 0.6) is 0 Å². The summed E-state index contributed by atoms with van der Waals surface area (Å²) in [5.41, 5.74) is 1.37. The lowest BCUT2D eigenvalue weighted by Crippen LogP contribution is -2.27. The number of benzene rings is 1. The van der Waals surface area contributed by atoms with Gasteiger partial charge in [-0.25, -0.2) is 0 Å². The van der Waals surface area contributed by atoms with E-state index in [4.69, 9.17) is 16.1 Å². The summed E-state index contributed by atoms with van der Waals surface area (Å²) in [6, 6.07) is 11.3. The number of amides is 1. The van der Waals surface area contributed by atoms with E-state index in [0.29, 0.717) is 17.8 Å². The van der Waals surface area contributed by atoms with Crippen LogP contribution in [0, 0.1) is 0 Å². The van der Waals surface area contributed by atoms with Gasteiger partial charge in [-0.05, 0) is 24.3 Å². The Hall–Kier alpha value is -1.85. The minimum Gasteiger partial charge on any atom is -0.356 e. The molecule has 0 bridgehead atoms. The van der Waals surface area contributed by atoms with Crippen LogP contribution >= 0.6 is 22.9 Å². The van der Waals surface area contributed by atoms with E-state index < -0.39 is 0 Å². The molecule has 108 valence electrons. The van der Waals surface area contributed by atoms with E-state index in [9.17, 15) is 4.79 Å². The molecule has 6 heteroatoms. The van der Waals surface area contributed by atoms with Crippen molar-refractivity contribution in [3.05, 3.63) is 51.3 Å². The summed E-state index contributed by atoms with van der Waals surface area (Å²) in [5, 5.41) is 4.88. The number of likely N-dealkylation sites (N-methyl/N-ethyl adjacent to an activating group) is 1. The van der Waals surface area contributed by atoms with Crippen LogP contribution in [0.1, 0.15) is 10.6 Å². The minimum atomic E-state index is -0.00132. The highest BCUT2D eigenvalue weighted by molar-refractivity contribution is 7.16. The second-order valence-electron chi connectivity index (χ2n) is 4.76. The largest absolute Gasteiger partial charge is 0.356 e. The number of rotatable bonds is 4. The third-order valence-electron chi connectivity index (χ3n) is 3.22. The Balaban J connectivity index is 1.70. The van der Waals surface area contributed by atoms with E-state index in [2.05, 4.69) is 5.16 Å². The maximum atomic E-state index is 12.3. The van der Waals surface area contributed by atoms with Gasteiger partial charge in [-0.3, -0.25) is 4.79 Å². The average molecular weight is 321 g/mol. The highest BCUT2D eigenvalue weighted by Crippen LogP contribution is 2.23. The number of carbonyl (C=O) groups excluding carboxylic acids is 1. The summed E-state index contributed by atoms with van der Waals surface area (Å²) in [7, 11) is 1.78. The highest BCUT2D eigenvalue weighted by atomic mass is 35.5. The molecule has 2 heterocycles. The second-order valence-corrected chi connectivity index (χ2v) is 6.56. The van der Waals surface area contributed by atoms with E-state index in [1.54, 1.807) is 11.9 Å². The zero-order chi connectivity index (χ0) is 14.8. The number of hydrogen-bond acceptors (Lipinski definition) is 4. The number of carbonyl (C=O) groups is 1. The highest BCUT2D eigenvalue weighted by Gasteiger charge is 2.16. The Kier molecular flexibility index (Phi) is 3.94. The Bertz CT molecular complexity index is 781. The molecule has 4 nitrogen and oxygen atoms in total. The molecular weight excluding hydrogens is 308 g/mol. The van der Waals surface area contributed by atoms with Gasteiger partial charge in [0.25, 0.3) is 0 Å². The monoisotopic (exact) mass is 320 g/mol. The summed E-state index contributed by atoms with van der Waals surface area (Å²) >= 11 is 7.38. The third-order valence-corrected chi connectivity index (χ3v) is 4.43. The van der Waals surface area contributed by atoms with Crippen LogP contribution in [-0.2, 0) is 17.8 Å². The first-order chi connectivity index (χ1) is 10.1. The number of fused-ring (bicyclic) bond motifs is 1. The first kappa shape index (κ1) is 14.1. The normalized spacial score (nSPS) is 11.0. The van der Waals surface area contributed by atoms with Gasteiger partial charge in [0, 0.05) is 17.3 Å². The average Bonchev–Trinajstić information content (AvgIpc) is 3.06. The van der Waals surface area contributed by atoms with E-state index >= 15 is 0 Å². The molecule has 0 atom stereocenters. The van der Waals surface area contributed by atoms with Crippen LogP contribution in [0.4, 0.5) is 0 Å². The number of para-hydroxylation sites is 1. The first-order valence-corrected chi connectivity index (χ1v) is 7.64. The van der Waals surface area contributed by atoms with Crippen molar-refractivity contribution in [1.29, 1.82) is 0 Å². The van der Waals surface area contributed by atoms with Gasteiger partial charge in [-0.2, -0.15) is 0 Å². The molecule has 0 radical (unpaired) electrons. The lowest BCUT2D eigenvalue weighted by molar-refractivity contribution is -0.129. The van der Waals surface area contributed by atoms with Crippen LogP contribution in [0.15, 0.2) is 40.9 Å². The number of thiophene rings is 1. The van der Waals surface area contributed by atoms with Crippen molar-refractivity contribution < 1.29 is 9.32 Å². The molecular formula is C15H13ClN2O2S. The fourth-order valence-corrected chi connectivity index (χ4v) is 3.24. The Labute approximate surface area is 130 Å². The van der Waals surface area contributed by atoms with E-state index in [1.807, 2.05) is 36.4 Å². The number of hydrogen-bond donors (Lipinski definition) is 0. The maximum absolute atomic E-state index is 12.3. The predicted octanol–water partition coefficient (Wildman–Crippen LogP) is 3.74. The number of nitrogens with zero attached hydrogens (tertiary/aromatic N) is 2. The number of halogens is 1. The molecule has 1 aromatic carbocycles. The predicted molar refractivity (Wildman–Crippen MR) is 83.5 cm³/mol. The maximum Gasteiger partial charge on any atom is 0.228 e. The van der Waals surface area contributed by atoms with Crippen LogP contribution in [-0.4, -0.2) is 23.0 Å². The molecule has 0 aliphatic heterocycles. The quantitative estimate of drug-likeness (QED) is 0.735. The van der Waals surface area contributed by atoms with Crippen molar-refractivity contribution in [3.8, 4) is 0 Å². The standard InChI is InChI=1S/C15H13ClN2O2S/c1-18(9-10-6-7-14(16)21-10)15(19)8-12-11-4-2-3-5-13(11)20-17-12/h2-7H,8-9H2,1H3. The molecule has 1 amide bonds. The Morgan fingerprint density at radius 1 is 1.33 bits per heavy atom. The fraction of sp³-hybridized carbons (Fsp3) is 0.200. The molecule has 0 N–H and O–H groups in total. The summed E-state index contributed by atoms with van der Waals surface area (Å²) < 4.78 is 5.95. The van der Waals surface area contributed by atoms with Crippen molar-refractivity contribution in [1.82, 2.24) is 10.1 Å². The van der Waals surface area contributed by atoms with Gasteiger partial charge in [0.2, 0.25) is 5.91 Å². The van der Waals surface area contributed by atoms with Crippen molar-refractivity contribution in [2.75, 3.05) is 7.05 Å². The minimum absolute atomic E-state index is 0.00132. The summed E-state index contributed by atoms with van der Waals surface area (Å²) in [6.45, 7) is 0.548. The molecule has 0 spiro atoms. The van der Waals surface area contributed by atoms with Gasteiger partial charge in [-0.15, -0.1) is 11.3 Å². The van der Waals surface area contributed by atoms with Gasteiger partial charge >= 0.3 is 0 Å². The second kappa shape index (κ2) is 5.87. The number of aromatic nitrogens is 1. The van der Waals surface area contributed by atoms with Crippen LogP contribution in [0.2, 0.25) is 4.34 Å². The third kappa shape index (κ3) is 3.09. The van der Waals surface area contributed by atoms with E-state index in [0.717, 1.165) is 14.6 Å². The van der Waals surface area contributed by atoms with Crippen molar-refractivity contribution >= 4 is 39.8 Å². The molecule has 0 unspecified atom stereocenters. The topological polar surface area (TPSA) is 46.3 Å².